The summed E-state index contributed by atoms with van der Waals surface area (Å²) in [5.74, 6) is 0.118. The van der Waals surface area contributed by atoms with E-state index in [4.69, 9.17) is 16.3 Å². The molecule has 1 amide bonds. The number of benzene rings is 2. The lowest BCUT2D eigenvalue weighted by molar-refractivity contribution is -0.122. The highest BCUT2D eigenvalue weighted by molar-refractivity contribution is 9.10. The van der Waals surface area contributed by atoms with E-state index < -0.39 is 21.7 Å². The first kappa shape index (κ1) is 22.7. The lowest BCUT2D eigenvalue weighted by Crippen LogP contribution is -2.40. The fraction of sp³-hybridized carbons (Fsp3) is 0.316. The Labute approximate surface area is 178 Å². The molecule has 0 spiro atoms. The third-order valence-electron chi connectivity index (χ3n) is 3.44. The van der Waals surface area contributed by atoms with Gasteiger partial charge in [0, 0.05) is 16.2 Å². The van der Waals surface area contributed by atoms with Gasteiger partial charge in [-0.2, -0.15) is 0 Å². The summed E-state index contributed by atoms with van der Waals surface area (Å²) in [6, 6.07) is 10.9. The molecule has 2 aromatic rings. The monoisotopic (exact) mass is 488 g/mol. The molecule has 2 aromatic carbocycles. The lowest BCUT2D eigenvalue weighted by atomic mass is 10.1. The fourth-order valence-corrected chi connectivity index (χ4v) is 4.43. The molecule has 28 heavy (non-hydrogen) atoms. The Balaban J connectivity index is 2.04. The smallest absolute Gasteiger partial charge is 0.265 e. The second-order valence-corrected chi connectivity index (χ2v) is 10.2. The number of ether oxygens (including phenoxy) is 1. The van der Waals surface area contributed by atoms with Crippen LogP contribution in [0.1, 0.15) is 27.7 Å². The first-order valence-electron chi connectivity index (χ1n) is 8.44. The molecule has 6 nitrogen and oxygen atoms in total. The zero-order valence-electron chi connectivity index (χ0n) is 15.9. The SMILES string of the molecule is CC(Oc1ccc(Cl)cc1Br)C(=O)Nc1ccc(S(=O)(=O)NC(C)(C)C)cc1. The highest BCUT2D eigenvalue weighted by atomic mass is 79.9. The van der Waals surface area contributed by atoms with Gasteiger partial charge in [-0.15, -0.1) is 0 Å². The van der Waals surface area contributed by atoms with Crippen molar-refractivity contribution in [2.45, 2.75) is 44.2 Å². The van der Waals surface area contributed by atoms with Crippen LogP contribution in [0.4, 0.5) is 5.69 Å². The molecule has 2 rings (SSSR count). The van der Waals surface area contributed by atoms with Gasteiger partial charge in [-0.05, 0) is 86.1 Å². The topological polar surface area (TPSA) is 84.5 Å². The third kappa shape index (κ3) is 6.48. The minimum absolute atomic E-state index is 0.120. The Morgan fingerprint density at radius 2 is 1.75 bits per heavy atom. The number of nitrogens with one attached hydrogen (secondary N) is 2. The van der Waals surface area contributed by atoms with Crippen LogP contribution >= 0.6 is 27.5 Å². The molecule has 0 fully saturated rings. The van der Waals surface area contributed by atoms with Crippen LogP contribution in [-0.2, 0) is 14.8 Å². The van der Waals surface area contributed by atoms with Gasteiger partial charge in [0.1, 0.15) is 5.75 Å². The van der Waals surface area contributed by atoms with Gasteiger partial charge in [-0.1, -0.05) is 11.6 Å². The molecule has 9 heteroatoms. The lowest BCUT2D eigenvalue weighted by Gasteiger charge is -2.20. The summed E-state index contributed by atoms with van der Waals surface area (Å²) < 4.78 is 33.5. The molecule has 0 bridgehead atoms. The number of carbonyl (C=O) groups is 1. The van der Waals surface area contributed by atoms with Gasteiger partial charge >= 0.3 is 0 Å². The molecule has 0 saturated carbocycles. The maximum atomic E-state index is 12.4. The quantitative estimate of drug-likeness (QED) is 0.622. The van der Waals surface area contributed by atoms with Crippen molar-refractivity contribution in [3.8, 4) is 5.75 Å². The van der Waals surface area contributed by atoms with Gasteiger partial charge in [0.25, 0.3) is 5.91 Å². The second-order valence-electron chi connectivity index (χ2n) is 7.20. The molecule has 0 radical (unpaired) electrons. The molecule has 0 aliphatic heterocycles. The first-order valence-corrected chi connectivity index (χ1v) is 11.1. The molecule has 1 atom stereocenters. The predicted molar refractivity (Wildman–Crippen MR) is 114 cm³/mol. The molecular weight excluding hydrogens is 468 g/mol. The van der Waals surface area contributed by atoms with E-state index >= 15 is 0 Å². The molecule has 0 heterocycles. The second kappa shape index (κ2) is 8.82. The zero-order chi connectivity index (χ0) is 21.1. The summed E-state index contributed by atoms with van der Waals surface area (Å²) in [5.41, 5.74) is -0.126. The van der Waals surface area contributed by atoms with Crippen molar-refractivity contribution in [3.05, 3.63) is 52.0 Å². The van der Waals surface area contributed by atoms with E-state index in [2.05, 4.69) is 26.0 Å². The molecule has 0 saturated heterocycles. The molecule has 1 unspecified atom stereocenters. The van der Waals surface area contributed by atoms with Crippen molar-refractivity contribution in [1.82, 2.24) is 4.72 Å². The Kier molecular flexibility index (Phi) is 7.14. The Bertz CT molecular complexity index is 957. The van der Waals surface area contributed by atoms with Crippen LogP contribution in [0.25, 0.3) is 0 Å². The van der Waals surface area contributed by atoms with Crippen LogP contribution < -0.4 is 14.8 Å². The van der Waals surface area contributed by atoms with Crippen LogP contribution in [0, 0.1) is 0 Å². The summed E-state index contributed by atoms with van der Waals surface area (Å²) in [7, 11) is -3.63. The number of halogens is 2. The first-order chi connectivity index (χ1) is 12.9. The molecule has 0 aromatic heterocycles. The standard InChI is InChI=1S/C19H22BrClN2O4S/c1-12(27-17-10-5-13(21)11-16(17)20)18(24)22-14-6-8-15(9-7-14)28(25,26)23-19(2,3)4/h5-12,23H,1-4H3,(H,22,24). The third-order valence-corrected chi connectivity index (χ3v) is 6.07. The average molecular weight is 490 g/mol. The summed E-state index contributed by atoms with van der Waals surface area (Å²) >= 11 is 9.23. The van der Waals surface area contributed by atoms with Crippen molar-refractivity contribution >= 4 is 49.1 Å². The van der Waals surface area contributed by atoms with Crippen molar-refractivity contribution in [2.75, 3.05) is 5.32 Å². The van der Waals surface area contributed by atoms with Crippen molar-refractivity contribution < 1.29 is 17.9 Å². The Morgan fingerprint density at radius 1 is 1.14 bits per heavy atom. The molecule has 0 aliphatic rings. The van der Waals surface area contributed by atoms with E-state index in [1.807, 2.05) is 0 Å². The summed E-state index contributed by atoms with van der Waals surface area (Å²) in [6.45, 7) is 6.90. The Hall–Kier alpha value is -1.61. The largest absolute Gasteiger partial charge is 0.480 e. The van der Waals surface area contributed by atoms with Gasteiger partial charge in [-0.3, -0.25) is 4.79 Å². The molecule has 2 N–H and O–H groups in total. The highest BCUT2D eigenvalue weighted by Crippen LogP contribution is 2.29. The maximum Gasteiger partial charge on any atom is 0.265 e. The number of anilines is 1. The number of rotatable bonds is 6. The minimum Gasteiger partial charge on any atom is -0.480 e. The highest BCUT2D eigenvalue weighted by Gasteiger charge is 2.22. The van der Waals surface area contributed by atoms with Crippen LogP contribution in [0.3, 0.4) is 0 Å². The van der Waals surface area contributed by atoms with Crippen molar-refractivity contribution in [2.24, 2.45) is 0 Å². The molecule has 0 aliphatic carbocycles. The molecule has 152 valence electrons. The van der Waals surface area contributed by atoms with E-state index in [0.29, 0.717) is 20.9 Å². The van der Waals surface area contributed by atoms with Gasteiger partial charge in [-0.25, -0.2) is 13.1 Å². The number of hydrogen-bond acceptors (Lipinski definition) is 4. The van der Waals surface area contributed by atoms with Crippen LogP contribution in [0.5, 0.6) is 5.75 Å². The van der Waals surface area contributed by atoms with Crippen molar-refractivity contribution in [3.63, 3.8) is 0 Å². The van der Waals surface area contributed by atoms with E-state index in [1.165, 1.54) is 24.3 Å². The summed E-state index contributed by atoms with van der Waals surface area (Å²) in [4.78, 5) is 12.5. The number of sulfonamides is 1. The Morgan fingerprint density at radius 3 is 2.29 bits per heavy atom. The average Bonchev–Trinajstić information content (AvgIpc) is 2.55. The van der Waals surface area contributed by atoms with Crippen LogP contribution in [0.15, 0.2) is 51.8 Å². The number of carbonyl (C=O) groups excluding carboxylic acids is 1. The maximum absolute atomic E-state index is 12.4. The summed E-state index contributed by atoms with van der Waals surface area (Å²) in [6.07, 6.45) is -0.775. The predicted octanol–water partition coefficient (Wildman–Crippen LogP) is 4.59. The van der Waals surface area contributed by atoms with E-state index in [-0.39, 0.29) is 10.8 Å². The van der Waals surface area contributed by atoms with Gasteiger partial charge in [0.2, 0.25) is 10.0 Å². The van der Waals surface area contributed by atoms with E-state index in [0.717, 1.165) is 0 Å². The fourth-order valence-electron chi connectivity index (χ4n) is 2.24. The van der Waals surface area contributed by atoms with Crippen LogP contribution in [-0.4, -0.2) is 26.0 Å². The van der Waals surface area contributed by atoms with Gasteiger partial charge in [0.05, 0.1) is 9.37 Å². The van der Waals surface area contributed by atoms with Crippen LogP contribution in [0.2, 0.25) is 5.02 Å². The van der Waals surface area contributed by atoms with Gasteiger partial charge in [0.15, 0.2) is 6.10 Å². The van der Waals surface area contributed by atoms with Crippen molar-refractivity contribution in [1.29, 1.82) is 0 Å². The van der Waals surface area contributed by atoms with Gasteiger partial charge < -0.3 is 10.1 Å². The zero-order valence-corrected chi connectivity index (χ0v) is 19.1. The minimum atomic E-state index is -3.63. The summed E-state index contributed by atoms with van der Waals surface area (Å²) in [5, 5.41) is 3.25. The number of amides is 1. The number of hydrogen-bond donors (Lipinski definition) is 2. The normalized spacial score (nSPS) is 13.1. The van der Waals surface area contributed by atoms with E-state index in [1.54, 1.807) is 45.9 Å². The molecular formula is C19H22BrClN2O4S. The van der Waals surface area contributed by atoms with E-state index in [9.17, 15) is 13.2 Å².